The van der Waals surface area contributed by atoms with Gasteiger partial charge in [-0.1, -0.05) is 133 Å². The first-order valence-corrected chi connectivity index (χ1v) is 21.4. The topological polar surface area (TPSA) is 9.86 Å². The smallest absolute Gasteiger partial charge is 0.0541 e. The third-order valence-electron chi connectivity index (χ3n) is 12.1. The Bertz CT molecular complexity index is 3430. The summed E-state index contributed by atoms with van der Waals surface area (Å²) >= 11 is 3.86. The fourth-order valence-electron chi connectivity index (χ4n) is 9.69. The zero-order valence-electron chi connectivity index (χ0n) is 31.2. The SMILES string of the molecule is c1ccc(-c2c3sc4ccc(-n5c6ccccc6c6ccccc65)cc4c3c(-c3ccccc3)c3sc4ccc(-n5c6ccccc6c6ccccc65)cc4c23)cc1. The molecule has 2 nitrogen and oxygen atoms in total. The second-order valence-electron chi connectivity index (χ2n) is 15.2. The Morgan fingerprint density at radius 3 is 0.983 bits per heavy atom. The first-order valence-electron chi connectivity index (χ1n) is 19.8. The molecule has 4 heterocycles. The maximum Gasteiger partial charge on any atom is 0.0541 e. The van der Waals surface area contributed by atoms with Crippen molar-refractivity contribution < 1.29 is 0 Å². The van der Waals surface area contributed by atoms with E-state index in [1.807, 2.05) is 22.7 Å². The number of hydrogen-bond donors (Lipinski definition) is 0. The normalized spacial score (nSPS) is 12.1. The highest BCUT2D eigenvalue weighted by atomic mass is 32.1. The molecule has 0 saturated carbocycles. The van der Waals surface area contributed by atoms with Gasteiger partial charge < -0.3 is 9.13 Å². The van der Waals surface area contributed by atoms with Crippen LogP contribution in [0.2, 0.25) is 0 Å². The van der Waals surface area contributed by atoms with Crippen molar-refractivity contribution in [2.75, 3.05) is 0 Å². The van der Waals surface area contributed by atoms with Crippen LogP contribution >= 0.6 is 22.7 Å². The Morgan fingerprint density at radius 2 is 0.621 bits per heavy atom. The summed E-state index contributed by atoms with van der Waals surface area (Å²) in [4.78, 5) is 0. The molecule has 0 unspecified atom stereocenters. The van der Waals surface area contributed by atoms with Crippen molar-refractivity contribution in [1.29, 1.82) is 0 Å². The summed E-state index contributed by atoms with van der Waals surface area (Å²) in [6.45, 7) is 0. The van der Waals surface area contributed by atoms with Crippen LogP contribution in [-0.2, 0) is 0 Å². The largest absolute Gasteiger partial charge is 0.309 e. The lowest BCUT2D eigenvalue weighted by Crippen LogP contribution is -1.93. The fraction of sp³-hybridized carbons (Fsp3) is 0. The van der Waals surface area contributed by atoms with Crippen LogP contribution in [0.1, 0.15) is 0 Å². The van der Waals surface area contributed by atoms with Crippen LogP contribution in [0.4, 0.5) is 0 Å². The number of fused-ring (bicyclic) bond motifs is 12. The summed E-state index contributed by atoms with van der Waals surface area (Å²) in [7, 11) is 0. The first-order chi connectivity index (χ1) is 28.8. The predicted octanol–water partition coefficient (Wildman–Crippen LogP) is 16.0. The molecule has 0 fully saturated rings. The molecule has 4 heteroatoms. The molecular weight excluding hydrogens is 741 g/mol. The van der Waals surface area contributed by atoms with Crippen molar-refractivity contribution in [3.63, 3.8) is 0 Å². The Labute approximate surface area is 341 Å². The van der Waals surface area contributed by atoms with Crippen LogP contribution in [0.25, 0.3) is 118 Å². The van der Waals surface area contributed by atoms with E-state index in [0.717, 1.165) is 0 Å². The molecule has 0 atom stereocenters. The molecule has 0 amide bonds. The number of aromatic nitrogens is 2. The molecule has 9 aromatic carbocycles. The van der Waals surface area contributed by atoms with Gasteiger partial charge >= 0.3 is 0 Å². The summed E-state index contributed by atoms with van der Waals surface area (Å²) in [6.07, 6.45) is 0. The van der Waals surface area contributed by atoms with E-state index in [9.17, 15) is 0 Å². The highest BCUT2D eigenvalue weighted by Gasteiger charge is 2.25. The Balaban J connectivity index is 1.18. The second-order valence-corrected chi connectivity index (χ2v) is 17.3. The summed E-state index contributed by atoms with van der Waals surface area (Å²) in [5.41, 5.74) is 12.4. The highest BCUT2D eigenvalue weighted by molar-refractivity contribution is 7.28. The van der Waals surface area contributed by atoms with Crippen LogP contribution in [0.5, 0.6) is 0 Å². The van der Waals surface area contributed by atoms with Gasteiger partial charge in [0.2, 0.25) is 0 Å². The minimum absolute atomic E-state index is 1.18. The minimum atomic E-state index is 1.18. The highest BCUT2D eigenvalue weighted by Crippen LogP contribution is 2.54. The third-order valence-corrected chi connectivity index (χ3v) is 14.5. The number of benzene rings is 9. The molecule has 0 bridgehead atoms. The van der Waals surface area contributed by atoms with Crippen LogP contribution in [0, 0.1) is 0 Å². The van der Waals surface area contributed by atoms with Crippen molar-refractivity contribution >= 4 is 107 Å². The van der Waals surface area contributed by atoms with Gasteiger partial charge in [-0.25, -0.2) is 0 Å². The molecule has 0 saturated heterocycles. The van der Waals surface area contributed by atoms with Gasteiger partial charge in [0.25, 0.3) is 0 Å². The summed E-state index contributed by atoms with van der Waals surface area (Å²) in [5, 5.41) is 10.3. The zero-order valence-corrected chi connectivity index (χ0v) is 32.8. The van der Waals surface area contributed by atoms with Gasteiger partial charge in [0.05, 0.1) is 22.1 Å². The summed E-state index contributed by atoms with van der Waals surface area (Å²) < 4.78 is 10.1. The van der Waals surface area contributed by atoms with E-state index in [4.69, 9.17) is 0 Å². The monoisotopic (exact) mass is 772 g/mol. The average Bonchev–Trinajstić information content (AvgIpc) is 4.04. The van der Waals surface area contributed by atoms with Crippen molar-refractivity contribution in [3.8, 4) is 33.6 Å². The molecule has 58 heavy (non-hydrogen) atoms. The van der Waals surface area contributed by atoms with Gasteiger partial charge in [-0.2, -0.15) is 0 Å². The second kappa shape index (κ2) is 12.3. The summed E-state index contributed by atoms with van der Waals surface area (Å²) in [5.74, 6) is 0. The van der Waals surface area contributed by atoms with Gasteiger partial charge in [-0.15, -0.1) is 22.7 Å². The molecule has 0 aliphatic heterocycles. The van der Waals surface area contributed by atoms with Gasteiger partial charge in [0.15, 0.2) is 0 Å². The Morgan fingerprint density at radius 1 is 0.293 bits per heavy atom. The molecule has 4 aromatic heterocycles. The lowest BCUT2D eigenvalue weighted by Gasteiger charge is -2.14. The molecule has 13 rings (SSSR count). The molecule has 0 aliphatic carbocycles. The number of thiophene rings is 2. The minimum Gasteiger partial charge on any atom is -0.309 e. The molecule has 0 radical (unpaired) electrons. The predicted molar refractivity (Wildman–Crippen MR) is 252 cm³/mol. The van der Waals surface area contributed by atoms with Crippen LogP contribution in [-0.4, -0.2) is 9.13 Å². The standard InChI is InChI=1S/C54H32N2S2/c1-3-15-33(16-4-1)49-51-41-31-35(55-43-23-11-7-19-37(43)38-20-8-12-24-44(38)55)27-29-47(41)58-54(51)50(34-17-5-2-6-18-34)52-42-32-36(28-30-48(42)57-53(49)52)56-45-25-13-9-21-39(45)40-22-10-14-26-46(40)56/h1-32H. The average molecular weight is 773 g/mol. The molecule has 0 aliphatic rings. The van der Waals surface area contributed by atoms with Crippen LogP contribution in [0.3, 0.4) is 0 Å². The van der Waals surface area contributed by atoms with Gasteiger partial charge in [-0.3, -0.25) is 0 Å². The van der Waals surface area contributed by atoms with Crippen molar-refractivity contribution in [3.05, 3.63) is 194 Å². The maximum absolute atomic E-state index is 2.45. The quantitative estimate of drug-likeness (QED) is 0.169. The van der Waals surface area contributed by atoms with Gasteiger partial charge in [-0.05, 0) is 71.8 Å². The van der Waals surface area contributed by atoms with Crippen molar-refractivity contribution in [2.45, 2.75) is 0 Å². The van der Waals surface area contributed by atoms with Gasteiger partial charge in [0.1, 0.15) is 0 Å². The van der Waals surface area contributed by atoms with E-state index >= 15 is 0 Å². The van der Waals surface area contributed by atoms with E-state index in [-0.39, 0.29) is 0 Å². The van der Waals surface area contributed by atoms with E-state index in [2.05, 4.69) is 203 Å². The molecule has 13 aromatic rings. The van der Waals surface area contributed by atoms with Crippen LogP contribution in [0.15, 0.2) is 194 Å². The van der Waals surface area contributed by atoms with Crippen molar-refractivity contribution in [2.24, 2.45) is 0 Å². The maximum atomic E-state index is 2.45. The van der Waals surface area contributed by atoms with Gasteiger partial charge in [0, 0.05) is 84.4 Å². The Hall–Kier alpha value is -6.98. The molecule has 0 N–H and O–H groups in total. The number of para-hydroxylation sites is 4. The fourth-order valence-corrected chi connectivity index (χ4v) is 12.2. The molecule has 0 spiro atoms. The summed E-state index contributed by atoms with van der Waals surface area (Å²) in [6, 6.07) is 71.6. The van der Waals surface area contributed by atoms with E-state index in [1.54, 1.807) is 0 Å². The number of nitrogens with zero attached hydrogens (tertiary/aromatic N) is 2. The van der Waals surface area contributed by atoms with Crippen LogP contribution < -0.4 is 0 Å². The molecular formula is C54H32N2S2. The first kappa shape index (κ1) is 32.1. The molecule has 270 valence electrons. The third kappa shape index (κ3) is 4.47. The van der Waals surface area contributed by atoms with E-state index in [0.29, 0.717) is 0 Å². The number of rotatable bonds is 4. The zero-order chi connectivity index (χ0) is 37.9. The lowest BCUT2D eigenvalue weighted by atomic mass is 9.91. The van der Waals surface area contributed by atoms with E-state index < -0.39 is 0 Å². The van der Waals surface area contributed by atoms with Crippen molar-refractivity contribution in [1.82, 2.24) is 9.13 Å². The lowest BCUT2D eigenvalue weighted by molar-refractivity contribution is 1.19. The Kier molecular flexibility index (Phi) is 6.79. The number of hydrogen-bond acceptors (Lipinski definition) is 2. The van der Waals surface area contributed by atoms with E-state index in [1.165, 1.54) is 118 Å².